The van der Waals surface area contributed by atoms with Crippen molar-refractivity contribution >= 4 is 31.1 Å². The number of hydrogen-bond acceptors (Lipinski definition) is 6. The van der Waals surface area contributed by atoms with Crippen LogP contribution in [-0.4, -0.2) is 65.5 Å². The Hall–Kier alpha value is -2.77. The Morgan fingerprint density at radius 1 is 1.38 bits per heavy atom. The maximum Gasteiger partial charge on any atom is 0.255 e. The molecule has 0 spiro atoms. The number of nitrogens with zero attached hydrogens (tertiary/aromatic N) is 4. The van der Waals surface area contributed by atoms with E-state index in [2.05, 4.69) is 46.0 Å². The molecule has 2 aliphatic rings. The quantitative estimate of drug-likeness (QED) is 0.443. The smallest absolute Gasteiger partial charge is 0.255 e. The molecule has 0 bridgehead atoms. The topological polar surface area (TPSA) is 124 Å². The zero-order valence-electron chi connectivity index (χ0n) is 18.9. The van der Waals surface area contributed by atoms with Crippen LogP contribution in [0.3, 0.4) is 0 Å². The van der Waals surface area contributed by atoms with Crippen LogP contribution in [0.15, 0.2) is 12.4 Å². The van der Waals surface area contributed by atoms with Crippen molar-refractivity contribution in [1.29, 1.82) is 5.26 Å². The van der Waals surface area contributed by atoms with Gasteiger partial charge in [0.1, 0.15) is 11.6 Å². The van der Waals surface area contributed by atoms with E-state index in [1.54, 1.807) is 17.3 Å². The second-order valence-corrected chi connectivity index (χ2v) is 15.6. The molecule has 1 saturated heterocycles. The first-order valence-corrected chi connectivity index (χ1v) is 14.9. The first kappa shape index (κ1) is 22.4. The SMILES string of the molecule is C[Si](C)(C)CCOCc1cnc2[nH]cc(C(=O)N[C@@H](C(=O)N3CC(C#N)C3)C3CC3)c2n1. The van der Waals surface area contributed by atoms with Crippen molar-refractivity contribution in [3.63, 3.8) is 0 Å². The molecule has 1 saturated carbocycles. The van der Waals surface area contributed by atoms with Crippen molar-refractivity contribution in [1.82, 2.24) is 25.2 Å². The van der Waals surface area contributed by atoms with Gasteiger partial charge in [0.05, 0.1) is 36.0 Å². The minimum atomic E-state index is -1.16. The molecule has 10 heteroatoms. The summed E-state index contributed by atoms with van der Waals surface area (Å²) in [5.74, 6) is -0.399. The Labute approximate surface area is 188 Å². The molecule has 0 aromatic carbocycles. The van der Waals surface area contributed by atoms with Gasteiger partial charge < -0.3 is 19.9 Å². The van der Waals surface area contributed by atoms with Crippen LogP contribution in [0.4, 0.5) is 0 Å². The number of ether oxygens (including phenoxy) is 1. The first-order chi connectivity index (χ1) is 15.2. The van der Waals surface area contributed by atoms with Crippen LogP contribution in [0.5, 0.6) is 0 Å². The highest BCUT2D eigenvalue weighted by atomic mass is 28.3. The van der Waals surface area contributed by atoms with Gasteiger partial charge in [-0.1, -0.05) is 19.6 Å². The number of H-pyrrole nitrogens is 1. The lowest BCUT2D eigenvalue weighted by molar-refractivity contribution is -0.138. The Balaban J connectivity index is 1.42. The average Bonchev–Trinajstić information content (AvgIpc) is 3.46. The highest BCUT2D eigenvalue weighted by molar-refractivity contribution is 6.76. The minimum absolute atomic E-state index is 0.102. The van der Waals surface area contributed by atoms with Gasteiger partial charge in [0.15, 0.2) is 5.65 Å². The molecule has 2 amide bonds. The number of aromatic amines is 1. The van der Waals surface area contributed by atoms with Gasteiger partial charge in [-0.3, -0.25) is 9.59 Å². The van der Waals surface area contributed by atoms with E-state index in [-0.39, 0.29) is 23.7 Å². The Kier molecular flexibility index (Phi) is 6.30. The molecule has 2 aromatic rings. The Morgan fingerprint density at radius 2 is 2.12 bits per heavy atom. The van der Waals surface area contributed by atoms with E-state index in [1.807, 2.05) is 0 Å². The van der Waals surface area contributed by atoms with Crippen LogP contribution in [0.2, 0.25) is 25.7 Å². The monoisotopic (exact) mass is 454 g/mol. The maximum atomic E-state index is 13.0. The Morgan fingerprint density at radius 3 is 2.78 bits per heavy atom. The number of rotatable bonds is 9. The Bertz CT molecular complexity index is 1050. The number of carbonyl (C=O) groups excluding carboxylic acids is 2. The van der Waals surface area contributed by atoms with E-state index in [9.17, 15) is 9.59 Å². The highest BCUT2D eigenvalue weighted by Crippen LogP contribution is 2.34. The number of aromatic nitrogens is 3. The van der Waals surface area contributed by atoms with Gasteiger partial charge in [-0.25, -0.2) is 9.97 Å². The first-order valence-electron chi connectivity index (χ1n) is 11.1. The highest BCUT2D eigenvalue weighted by Gasteiger charge is 2.42. The van der Waals surface area contributed by atoms with Crippen molar-refractivity contribution in [2.24, 2.45) is 11.8 Å². The molecule has 0 unspecified atom stereocenters. The molecule has 32 heavy (non-hydrogen) atoms. The molecule has 1 aliphatic heterocycles. The summed E-state index contributed by atoms with van der Waals surface area (Å²) >= 11 is 0. The molecular weight excluding hydrogens is 424 g/mol. The molecule has 2 aromatic heterocycles. The van der Waals surface area contributed by atoms with Gasteiger partial charge in [0.25, 0.3) is 5.91 Å². The van der Waals surface area contributed by atoms with Gasteiger partial charge in [-0.05, 0) is 24.8 Å². The molecule has 170 valence electrons. The van der Waals surface area contributed by atoms with E-state index in [1.165, 1.54) is 0 Å². The summed E-state index contributed by atoms with van der Waals surface area (Å²) in [6.07, 6.45) is 5.07. The average molecular weight is 455 g/mol. The molecule has 1 atom stereocenters. The second kappa shape index (κ2) is 9.00. The fourth-order valence-electron chi connectivity index (χ4n) is 3.69. The predicted molar refractivity (Wildman–Crippen MR) is 121 cm³/mol. The van der Waals surface area contributed by atoms with Crippen molar-refractivity contribution in [3.8, 4) is 6.07 Å². The molecule has 0 radical (unpaired) electrons. The summed E-state index contributed by atoms with van der Waals surface area (Å²) in [6.45, 7) is 8.81. The summed E-state index contributed by atoms with van der Waals surface area (Å²) in [6, 6.07) is 2.69. The van der Waals surface area contributed by atoms with Crippen LogP contribution in [0, 0.1) is 23.2 Å². The number of carbonyl (C=O) groups is 2. The molecule has 9 nitrogen and oxygen atoms in total. The zero-order chi connectivity index (χ0) is 22.9. The van der Waals surface area contributed by atoms with Crippen LogP contribution in [0.1, 0.15) is 28.9 Å². The summed E-state index contributed by atoms with van der Waals surface area (Å²) in [4.78, 5) is 39.5. The zero-order valence-corrected chi connectivity index (χ0v) is 19.9. The number of amides is 2. The van der Waals surface area contributed by atoms with Crippen molar-refractivity contribution in [3.05, 3.63) is 23.7 Å². The fourth-order valence-corrected chi connectivity index (χ4v) is 4.45. The molecule has 1 aliphatic carbocycles. The van der Waals surface area contributed by atoms with Gasteiger partial charge in [0.2, 0.25) is 5.91 Å². The number of nitrogens with one attached hydrogen (secondary N) is 2. The largest absolute Gasteiger partial charge is 0.375 e. The lowest BCUT2D eigenvalue weighted by Crippen LogP contribution is -2.57. The maximum absolute atomic E-state index is 13.0. The van der Waals surface area contributed by atoms with Crippen LogP contribution in [0.25, 0.3) is 11.2 Å². The van der Waals surface area contributed by atoms with Crippen molar-refractivity contribution < 1.29 is 14.3 Å². The molecule has 2 fully saturated rings. The normalized spacial score (nSPS) is 17.6. The van der Waals surface area contributed by atoms with E-state index in [0.717, 1.165) is 18.9 Å². The van der Waals surface area contributed by atoms with Crippen molar-refractivity contribution in [2.45, 2.75) is 51.2 Å². The second-order valence-electron chi connectivity index (χ2n) is 9.98. The van der Waals surface area contributed by atoms with E-state index in [0.29, 0.717) is 48.7 Å². The van der Waals surface area contributed by atoms with Gasteiger partial charge in [0, 0.05) is 34.0 Å². The number of likely N-dealkylation sites (tertiary alicyclic amines) is 1. The number of fused-ring (bicyclic) bond motifs is 1. The van der Waals surface area contributed by atoms with Crippen LogP contribution >= 0.6 is 0 Å². The summed E-state index contributed by atoms with van der Waals surface area (Å²) < 4.78 is 5.77. The standard InChI is InChI=1S/C22H30N6O3Si/c1-32(2,3)7-6-31-13-16-9-24-20-19(26-16)17(10-25-20)21(29)27-18(15-4-5-15)22(30)28-11-14(8-23)12-28/h9-10,14-15,18H,4-7,11-13H2,1-3H3,(H,24,25)(H,27,29)/t18-/m1/s1. The van der Waals surface area contributed by atoms with E-state index in [4.69, 9.17) is 10.00 Å². The fraction of sp³-hybridized carbons (Fsp3) is 0.591. The van der Waals surface area contributed by atoms with Gasteiger partial charge in [-0.2, -0.15) is 5.26 Å². The lowest BCUT2D eigenvalue weighted by atomic mass is 9.99. The lowest BCUT2D eigenvalue weighted by Gasteiger charge is -2.37. The van der Waals surface area contributed by atoms with Gasteiger partial charge >= 0.3 is 0 Å². The number of nitriles is 1. The van der Waals surface area contributed by atoms with Gasteiger partial charge in [-0.15, -0.1) is 0 Å². The summed E-state index contributed by atoms with van der Waals surface area (Å²) in [5, 5.41) is 11.9. The van der Waals surface area contributed by atoms with Crippen LogP contribution < -0.4 is 5.32 Å². The van der Waals surface area contributed by atoms with E-state index < -0.39 is 14.1 Å². The minimum Gasteiger partial charge on any atom is -0.375 e. The van der Waals surface area contributed by atoms with E-state index >= 15 is 0 Å². The summed E-state index contributed by atoms with van der Waals surface area (Å²) in [5.41, 5.74) is 2.03. The molecule has 3 heterocycles. The predicted octanol–water partition coefficient (Wildman–Crippen LogP) is 2.30. The van der Waals surface area contributed by atoms with Crippen LogP contribution in [-0.2, 0) is 16.1 Å². The third-order valence-electron chi connectivity index (χ3n) is 5.94. The molecule has 2 N–H and O–H groups in total. The third-order valence-corrected chi connectivity index (χ3v) is 7.65. The number of hydrogen-bond donors (Lipinski definition) is 2. The third kappa shape index (κ3) is 5.16. The molecular formula is C22H30N6O3Si. The molecule has 4 rings (SSSR count). The van der Waals surface area contributed by atoms with Crippen molar-refractivity contribution in [2.75, 3.05) is 19.7 Å². The summed E-state index contributed by atoms with van der Waals surface area (Å²) in [7, 11) is -1.16.